The van der Waals surface area contributed by atoms with Crippen molar-refractivity contribution in [3.05, 3.63) is 82.3 Å². The van der Waals surface area contributed by atoms with E-state index in [2.05, 4.69) is 9.97 Å². The lowest BCUT2D eigenvalue weighted by molar-refractivity contribution is 0.0708. The van der Waals surface area contributed by atoms with Crippen molar-refractivity contribution in [2.24, 2.45) is 0 Å². The summed E-state index contributed by atoms with van der Waals surface area (Å²) in [5, 5.41) is 0.707. The van der Waals surface area contributed by atoms with Crippen LogP contribution in [0.2, 0.25) is 5.02 Å². The molecule has 0 radical (unpaired) electrons. The van der Waals surface area contributed by atoms with Gasteiger partial charge >= 0.3 is 0 Å². The van der Waals surface area contributed by atoms with Crippen molar-refractivity contribution in [1.29, 1.82) is 0 Å². The second-order valence-corrected chi connectivity index (χ2v) is 7.16. The molecule has 1 aromatic carbocycles. The SMILES string of the molecule is Cc1cccc(C(=O)N2CCC[C@@H]2c2ncc(Cc3ccccc3Cl)o2)n1. The highest BCUT2D eigenvalue weighted by Crippen LogP contribution is 2.33. The second kappa shape index (κ2) is 7.53. The molecule has 6 heteroatoms. The van der Waals surface area contributed by atoms with E-state index < -0.39 is 0 Å². The number of aryl methyl sites for hydroxylation is 1. The zero-order valence-electron chi connectivity index (χ0n) is 15.1. The fourth-order valence-electron chi connectivity index (χ4n) is 3.46. The Labute approximate surface area is 163 Å². The third-order valence-electron chi connectivity index (χ3n) is 4.80. The van der Waals surface area contributed by atoms with Gasteiger partial charge in [0.15, 0.2) is 0 Å². The average Bonchev–Trinajstić information content (AvgIpc) is 3.32. The molecule has 1 fully saturated rings. The quantitative estimate of drug-likeness (QED) is 0.662. The number of hydrogen-bond acceptors (Lipinski definition) is 4. The molecule has 1 saturated heterocycles. The first-order valence-corrected chi connectivity index (χ1v) is 9.42. The van der Waals surface area contributed by atoms with Crippen LogP contribution < -0.4 is 0 Å². The van der Waals surface area contributed by atoms with E-state index in [1.54, 1.807) is 12.3 Å². The van der Waals surface area contributed by atoms with Gasteiger partial charge in [-0.25, -0.2) is 9.97 Å². The zero-order chi connectivity index (χ0) is 18.8. The molecule has 3 aromatic rings. The summed E-state index contributed by atoms with van der Waals surface area (Å²) in [6.45, 7) is 2.56. The van der Waals surface area contributed by atoms with Crippen LogP contribution in [0.5, 0.6) is 0 Å². The van der Waals surface area contributed by atoms with E-state index in [0.29, 0.717) is 29.6 Å². The van der Waals surface area contributed by atoms with E-state index in [9.17, 15) is 4.79 Å². The van der Waals surface area contributed by atoms with Crippen molar-refractivity contribution in [2.45, 2.75) is 32.2 Å². The summed E-state index contributed by atoms with van der Waals surface area (Å²) in [4.78, 5) is 23.5. The molecule has 1 amide bonds. The smallest absolute Gasteiger partial charge is 0.273 e. The van der Waals surface area contributed by atoms with E-state index in [1.165, 1.54) is 0 Å². The lowest BCUT2D eigenvalue weighted by Gasteiger charge is -2.22. The molecule has 0 bridgehead atoms. The van der Waals surface area contributed by atoms with Gasteiger partial charge in [0.05, 0.1) is 6.20 Å². The summed E-state index contributed by atoms with van der Waals surface area (Å²) in [7, 11) is 0. The maximum atomic E-state index is 12.9. The molecule has 0 aliphatic carbocycles. The van der Waals surface area contributed by atoms with Crippen molar-refractivity contribution >= 4 is 17.5 Å². The van der Waals surface area contributed by atoms with E-state index in [4.69, 9.17) is 16.0 Å². The topological polar surface area (TPSA) is 59.2 Å². The fourth-order valence-corrected chi connectivity index (χ4v) is 3.67. The maximum Gasteiger partial charge on any atom is 0.273 e. The van der Waals surface area contributed by atoms with Crippen molar-refractivity contribution in [2.75, 3.05) is 6.54 Å². The molecule has 0 saturated carbocycles. The summed E-state index contributed by atoms with van der Waals surface area (Å²) >= 11 is 6.23. The molecule has 27 heavy (non-hydrogen) atoms. The van der Waals surface area contributed by atoms with Crippen LogP contribution >= 0.6 is 11.6 Å². The van der Waals surface area contributed by atoms with Gasteiger partial charge in [-0.3, -0.25) is 4.79 Å². The molecule has 0 spiro atoms. The Hall–Kier alpha value is -2.66. The molecule has 138 valence electrons. The van der Waals surface area contributed by atoms with E-state index >= 15 is 0 Å². The first kappa shape index (κ1) is 17.7. The highest BCUT2D eigenvalue weighted by Gasteiger charge is 2.34. The number of hydrogen-bond donors (Lipinski definition) is 0. The van der Waals surface area contributed by atoms with Crippen molar-refractivity contribution in [1.82, 2.24) is 14.9 Å². The Kier molecular flexibility index (Phi) is 4.94. The monoisotopic (exact) mass is 381 g/mol. The van der Waals surface area contributed by atoms with Crippen LogP contribution in [-0.2, 0) is 6.42 Å². The number of pyridine rings is 1. The first-order valence-electron chi connectivity index (χ1n) is 9.04. The second-order valence-electron chi connectivity index (χ2n) is 6.75. The average molecular weight is 382 g/mol. The standard InChI is InChI=1S/C21H20ClN3O2/c1-14-6-4-9-18(24-14)21(26)25-11-5-10-19(25)20-23-13-16(27-20)12-15-7-2-3-8-17(15)22/h2-4,6-9,13,19H,5,10-12H2,1H3/t19-/m1/s1. The van der Waals surface area contributed by atoms with Gasteiger partial charge in [0, 0.05) is 23.7 Å². The van der Waals surface area contributed by atoms with Gasteiger partial charge in [-0.15, -0.1) is 0 Å². The Morgan fingerprint density at radius 1 is 1.26 bits per heavy atom. The van der Waals surface area contributed by atoms with Gasteiger partial charge < -0.3 is 9.32 Å². The molecule has 0 unspecified atom stereocenters. The molecule has 4 rings (SSSR count). The first-order chi connectivity index (χ1) is 13.1. The largest absolute Gasteiger partial charge is 0.443 e. The van der Waals surface area contributed by atoms with Crippen LogP contribution in [-0.4, -0.2) is 27.3 Å². The predicted octanol–water partition coefficient (Wildman–Crippen LogP) is 4.60. The van der Waals surface area contributed by atoms with Crippen LogP contribution in [0, 0.1) is 6.92 Å². The lowest BCUT2D eigenvalue weighted by atomic mass is 10.1. The Morgan fingerprint density at radius 3 is 2.93 bits per heavy atom. The van der Waals surface area contributed by atoms with E-state index in [-0.39, 0.29) is 11.9 Å². The van der Waals surface area contributed by atoms with Crippen molar-refractivity contribution in [3.63, 3.8) is 0 Å². The molecule has 1 aliphatic rings. The Balaban J connectivity index is 1.53. The van der Waals surface area contributed by atoms with Crippen LogP contribution in [0.25, 0.3) is 0 Å². The third-order valence-corrected chi connectivity index (χ3v) is 5.17. The van der Waals surface area contributed by atoms with Crippen molar-refractivity contribution in [3.8, 4) is 0 Å². The van der Waals surface area contributed by atoms with E-state index in [0.717, 1.165) is 29.9 Å². The highest BCUT2D eigenvalue weighted by molar-refractivity contribution is 6.31. The molecule has 5 nitrogen and oxygen atoms in total. The van der Waals surface area contributed by atoms with Crippen LogP contribution in [0.15, 0.2) is 53.1 Å². The lowest BCUT2D eigenvalue weighted by Crippen LogP contribution is -2.31. The highest BCUT2D eigenvalue weighted by atomic mass is 35.5. The number of carbonyl (C=O) groups is 1. The summed E-state index contributed by atoms with van der Waals surface area (Å²) < 4.78 is 5.98. The number of benzene rings is 1. The Bertz CT molecular complexity index is 969. The number of halogens is 1. The number of carbonyl (C=O) groups excluding carboxylic acids is 1. The molecular weight excluding hydrogens is 362 g/mol. The van der Waals surface area contributed by atoms with Gasteiger partial charge in [-0.05, 0) is 43.5 Å². The van der Waals surface area contributed by atoms with Crippen LogP contribution in [0.1, 0.15) is 52.3 Å². The molecule has 0 N–H and O–H groups in total. The summed E-state index contributed by atoms with van der Waals surface area (Å²) in [6.07, 6.45) is 4.06. The minimum Gasteiger partial charge on any atom is -0.443 e. The van der Waals surface area contributed by atoms with E-state index in [1.807, 2.05) is 48.2 Å². The minimum absolute atomic E-state index is 0.0768. The Morgan fingerprint density at radius 2 is 2.11 bits per heavy atom. The van der Waals surface area contributed by atoms with Gasteiger partial charge in [0.25, 0.3) is 5.91 Å². The van der Waals surface area contributed by atoms with Gasteiger partial charge in [0.1, 0.15) is 17.5 Å². The molecule has 3 heterocycles. The summed E-state index contributed by atoms with van der Waals surface area (Å²) in [5.74, 6) is 1.24. The number of oxazole rings is 1. The van der Waals surface area contributed by atoms with Gasteiger partial charge in [0.2, 0.25) is 5.89 Å². The minimum atomic E-state index is -0.153. The number of aromatic nitrogens is 2. The molecule has 2 aromatic heterocycles. The predicted molar refractivity (Wildman–Crippen MR) is 103 cm³/mol. The van der Waals surface area contributed by atoms with Crippen LogP contribution in [0.4, 0.5) is 0 Å². The molecule has 1 atom stereocenters. The van der Waals surface area contributed by atoms with Crippen LogP contribution in [0.3, 0.4) is 0 Å². The number of likely N-dealkylation sites (tertiary alicyclic amines) is 1. The normalized spacial score (nSPS) is 16.7. The fraction of sp³-hybridized carbons (Fsp3) is 0.286. The summed E-state index contributed by atoms with van der Waals surface area (Å²) in [5.41, 5.74) is 2.28. The van der Waals surface area contributed by atoms with Gasteiger partial charge in [-0.2, -0.15) is 0 Å². The molecule has 1 aliphatic heterocycles. The van der Waals surface area contributed by atoms with Crippen molar-refractivity contribution < 1.29 is 9.21 Å². The van der Waals surface area contributed by atoms with Gasteiger partial charge in [-0.1, -0.05) is 35.9 Å². The maximum absolute atomic E-state index is 12.9. The number of nitrogens with zero attached hydrogens (tertiary/aromatic N) is 3. The number of amides is 1. The zero-order valence-corrected chi connectivity index (χ0v) is 15.8. The third kappa shape index (κ3) is 3.74. The molecular formula is C21H20ClN3O2. The number of rotatable bonds is 4. The summed E-state index contributed by atoms with van der Waals surface area (Å²) in [6, 6.07) is 13.0.